The van der Waals surface area contributed by atoms with Crippen LogP contribution in [0.1, 0.15) is 11.1 Å². The molecule has 0 amide bonds. The highest BCUT2D eigenvalue weighted by Gasteiger charge is 2.08. The Labute approximate surface area is 120 Å². The van der Waals surface area contributed by atoms with E-state index < -0.39 is 11.8 Å². The van der Waals surface area contributed by atoms with Crippen LogP contribution in [0.4, 0.5) is 4.39 Å². The van der Waals surface area contributed by atoms with Crippen molar-refractivity contribution in [1.29, 1.82) is 0 Å². The molecule has 5 heteroatoms. The van der Waals surface area contributed by atoms with Gasteiger partial charge in [-0.25, -0.2) is 4.39 Å². The molecule has 2 aromatic rings. The monoisotopic (exact) mass is 294 g/mol. The van der Waals surface area contributed by atoms with Gasteiger partial charge in [0.05, 0.1) is 11.4 Å². The Morgan fingerprint density at radius 1 is 1.25 bits per heavy atom. The zero-order chi connectivity index (χ0) is 14.5. The fraction of sp³-hybridized carbons (Fsp3) is 0.133. The predicted molar refractivity (Wildman–Crippen MR) is 73.5 cm³/mol. The van der Waals surface area contributed by atoms with Crippen molar-refractivity contribution in [2.75, 3.05) is 0 Å². The first-order valence-electron chi connectivity index (χ1n) is 5.92. The van der Waals surface area contributed by atoms with Crippen molar-refractivity contribution in [3.05, 3.63) is 64.4 Å². The van der Waals surface area contributed by atoms with Crippen molar-refractivity contribution < 1.29 is 19.0 Å². The molecule has 20 heavy (non-hydrogen) atoms. The van der Waals surface area contributed by atoms with Gasteiger partial charge in [0, 0.05) is 5.56 Å². The highest BCUT2D eigenvalue weighted by Crippen LogP contribution is 2.21. The summed E-state index contributed by atoms with van der Waals surface area (Å²) in [5, 5.41) is 8.86. The zero-order valence-electron chi connectivity index (χ0n) is 10.5. The second-order valence-electron chi connectivity index (χ2n) is 4.22. The Morgan fingerprint density at radius 3 is 2.70 bits per heavy atom. The van der Waals surface area contributed by atoms with E-state index in [1.54, 1.807) is 30.3 Å². The van der Waals surface area contributed by atoms with E-state index in [4.69, 9.17) is 21.4 Å². The maximum Gasteiger partial charge on any atom is 0.307 e. The SMILES string of the molecule is O=C(O)Cc1ccccc1OCc1ccc(F)c(Cl)c1. The number of hydrogen-bond acceptors (Lipinski definition) is 2. The molecule has 2 aromatic carbocycles. The summed E-state index contributed by atoms with van der Waals surface area (Å²) in [7, 11) is 0. The topological polar surface area (TPSA) is 46.5 Å². The molecule has 0 aromatic heterocycles. The Kier molecular flexibility index (Phi) is 4.58. The molecule has 0 bridgehead atoms. The van der Waals surface area contributed by atoms with Crippen molar-refractivity contribution in [2.24, 2.45) is 0 Å². The van der Waals surface area contributed by atoms with Crippen LogP contribution in [0.5, 0.6) is 5.75 Å². The van der Waals surface area contributed by atoms with Crippen LogP contribution in [0.3, 0.4) is 0 Å². The van der Waals surface area contributed by atoms with Crippen molar-refractivity contribution in [2.45, 2.75) is 13.0 Å². The van der Waals surface area contributed by atoms with E-state index >= 15 is 0 Å². The fourth-order valence-electron chi connectivity index (χ4n) is 1.74. The molecule has 0 radical (unpaired) electrons. The maximum atomic E-state index is 13.0. The molecule has 0 aliphatic carbocycles. The summed E-state index contributed by atoms with van der Waals surface area (Å²) in [6.07, 6.45) is -0.111. The van der Waals surface area contributed by atoms with E-state index in [0.29, 0.717) is 16.9 Å². The first-order valence-corrected chi connectivity index (χ1v) is 6.30. The Morgan fingerprint density at radius 2 is 2.00 bits per heavy atom. The van der Waals surface area contributed by atoms with Gasteiger partial charge in [-0.3, -0.25) is 4.79 Å². The van der Waals surface area contributed by atoms with Crippen LogP contribution < -0.4 is 4.74 Å². The number of carbonyl (C=O) groups is 1. The van der Waals surface area contributed by atoms with Gasteiger partial charge in [-0.2, -0.15) is 0 Å². The van der Waals surface area contributed by atoms with E-state index in [-0.39, 0.29) is 18.1 Å². The third kappa shape index (κ3) is 3.71. The molecular weight excluding hydrogens is 283 g/mol. The van der Waals surface area contributed by atoms with Crippen molar-refractivity contribution in [1.82, 2.24) is 0 Å². The van der Waals surface area contributed by atoms with E-state index in [1.807, 2.05) is 0 Å². The Balaban J connectivity index is 2.10. The number of para-hydroxylation sites is 1. The number of hydrogen-bond donors (Lipinski definition) is 1. The van der Waals surface area contributed by atoms with Gasteiger partial charge in [0.25, 0.3) is 0 Å². The van der Waals surface area contributed by atoms with Crippen LogP contribution in [0.2, 0.25) is 5.02 Å². The van der Waals surface area contributed by atoms with Gasteiger partial charge in [0.15, 0.2) is 0 Å². The van der Waals surface area contributed by atoms with E-state index in [0.717, 1.165) is 0 Å². The summed E-state index contributed by atoms with van der Waals surface area (Å²) in [5.74, 6) is -0.914. The number of rotatable bonds is 5. The lowest BCUT2D eigenvalue weighted by Crippen LogP contribution is -2.04. The maximum absolute atomic E-state index is 13.0. The first-order chi connectivity index (χ1) is 9.56. The number of carboxylic acids is 1. The molecule has 2 rings (SSSR count). The zero-order valence-corrected chi connectivity index (χ0v) is 11.2. The van der Waals surface area contributed by atoms with Crippen LogP contribution in [0.15, 0.2) is 42.5 Å². The molecule has 3 nitrogen and oxygen atoms in total. The second kappa shape index (κ2) is 6.39. The van der Waals surface area contributed by atoms with Crippen molar-refractivity contribution >= 4 is 17.6 Å². The first kappa shape index (κ1) is 14.3. The average Bonchev–Trinajstić information content (AvgIpc) is 2.41. The smallest absolute Gasteiger partial charge is 0.307 e. The number of ether oxygens (including phenoxy) is 1. The third-order valence-electron chi connectivity index (χ3n) is 2.69. The molecular formula is C15H12ClFO3. The van der Waals surface area contributed by atoms with Gasteiger partial charge in [0.2, 0.25) is 0 Å². The fourth-order valence-corrected chi connectivity index (χ4v) is 1.95. The molecule has 0 spiro atoms. The predicted octanol–water partition coefficient (Wildman–Crippen LogP) is 3.69. The van der Waals surface area contributed by atoms with Crippen LogP contribution in [0.25, 0.3) is 0 Å². The molecule has 0 aliphatic heterocycles. The summed E-state index contributed by atoms with van der Waals surface area (Å²) in [6.45, 7) is 0.191. The Bertz CT molecular complexity index is 628. The van der Waals surface area contributed by atoms with Crippen molar-refractivity contribution in [3.63, 3.8) is 0 Å². The molecule has 0 fully saturated rings. The van der Waals surface area contributed by atoms with Crippen LogP contribution in [-0.4, -0.2) is 11.1 Å². The lowest BCUT2D eigenvalue weighted by atomic mass is 10.1. The largest absolute Gasteiger partial charge is 0.489 e. The molecule has 0 saturated carbocycles. The van der Waals surface area contributed by atoms with Gasteiger partial charge in [0.1, 0.15) is 18.2 Å². The molecule has 0 heterocycles. The van der Waals surface area contributed by atoms with E-state index in [1.165, 1.54) is 12.1 Å². The summed E-state index contributed by atoms with van der Waals surface area (Å²) in [5.41, 5.74) is 1.30. The van der Waals surface area contributed by atoms with Gasteiger partial charge in [-0.05, 0) is 23.8 Å². The molecule has 1 N–H and O–H groups in total. The lowest BCUT2D eigenvalue weighted by Gasteiger charge is -2.10. The summed E-state index contributed by atoms with van der Waals surface area (Å²) < 4.78 is 18.6. The normalized spacial score (nSPS) is 10.3. The number of carboxylic acid groups (broad SMARTS) is 1. The minimum absolute atomic E-state index is 0.0323. The highest BCUT2D eigenvalue weighted by atomic mass is 35.5. The summed E-state index contributed by atoms with van der Waals surface area (Å²) >= 11 is 5.69. The van der Waals surface area contributed by atoms with Gasteiger partial charge >= 0.3 is 5.97 Å². The van der Waals surface area contributed by atoms with Gasteiger partial charge in [-0.1, -0.05) is 35.9 Å². The lowest BCUT2D eigenvalue weighted by molar-refractivity contribution is -0.136. The second-order valence-corrected chi connectivity index (χ2v) is 4.62. The molecule has 0 unspecified atom stereocenters. The van der Waals surface area contributed by atoms with Crippen LogP contribution in [0, 0.1) is 5.82 Å². The van der Waals surface area contributed by atoms with Crippen molar-refractivity contribution in [3.8, 4) is 5.75 Å². The Hall–Kier alpha value is -2.07. The van der Waals surface area contributed by atoms with Crippen LogP contribution >= 0.6 is 11.6 Å². The number of benzene rings is 2. The average molecular weight is 295 g/mol. The van der Waals surface area contributed by atoms with E-state index in [9.17, 15) is 9.18 Å². The minimum atomic E-state index is -0.925. The molecule has 0 aliphatic rings. The number of halogens is 2. The number of aliphatic carboxylic acids is 1. The van der Waals surface area contributed by atoms with Gasteiger partial charge in [-0.15, -0.1) is 0 Å². The molecule has 104 valence electrons. The molecule has 0 saturated heterocycles. The van der Waals surface area contributed by atoms with Gasteiger partial charge < -0.3 is 9.84 Å². The standard InChI is InChI=1S/C15H12ClFO3/c16-12-7-10(5-6-13(12)17)9-20-14-4-2-1-3-11(14)8-15(18)19/h1-7H,8-9H2,(H,18,19). The minimum Gasteiger partial charge on any atom is -0.489 e. The summed E-state index contributed by atoms with van der Waals surface area (Å²) in [6, 6.07) is 11.2. The highest BCUT2D eigenvalue weighted by molar-refractivity contribution is 6.30. The van der Waals surface area contributed by atoms with E-state index in [2.05, 4.69) is 0 Å². The third-order valence-corrected chi connectivity index (χ3v) is 2.98. The molecule has 0 atom stereocenters. The van der Waals surface area contributed by atoms with Crippen LogP contribution in [-0.2, 0) is 17.8 Å². The quantitative estimate of drug-likeness (QED) is 0.915. The summed E-state index contributed by atoms with van der Waals surface area (Å²) in [4.78, 5) is 10.8.